The largest absolute Gasteiger partial charge is 0.493 e. The van der Waals surface area contributed by atoms with Crippen molar-refractivity contribution in [2.45, 2.75) is 69.5 Å². The molecule has 3 atom stereocenters. The predicted octanol–water partition coefficient (Wildman–Crippen LogP) is 6.14. The monoisotopic (exact) mass is 915 g/mol. The number of likely N-dealkylation sites (tertiary alicyclic amines) is 1. The number of amides is 4. The molecule has 6 heterocycles. The maximum Gasteiger partial charge on any atom is 0.275 e. The van der Waals surface area contributed by atoms with Gasteiger partial charge in [-0.05, 0) is 80.3 Å². The zero-order valence-electron chi connectivity index (χ0n) is 37.8. The summed E-state index contributed by atoms with van der Waals surface area (Å²) in [5.74, 6) is -2.16. The minimum absolute atomic E-state index is 0.135. The fourth-order valence-corrected chi connectivity index (χ4v) is 9.85. The number of aryl methyl sites for hydroxylation is 1. The number of fused-ring (bicyclic) bond motifs is 2. The zero-order chi connectivity index (χ0) is 47.2. The van der Waals surface area contributed by atoms with Gasteiger partial charge in [0.25, 0.3) is 17.7 Å². The Morgan fingerprint density at radius 3 is 2.37 bits per heavy atom. The van der Waals surface area contributed by atoms with Crippen LogP contribution < -0.4 is 24.4 Å². The Hall–Kier alpha value is -6.97. The summed E-state index contributed by atoms with van der Waals surface area (Å²) >= 11 is 0. The summed E-state index contributed by atoms with van der Waals surface area (Å²) in [5, 5.41) is 17.6. The minimum atomic E-state index is -2.96. The number of pyridine rings is 1. The number of piperidine rings is 2. The van der Waals surface area contributed by atoms with E-state index < -0.39 is 35.2 Å². The Labute approximate surface area is 386 Å². The van der Waals surface area contributed by atoms with E-state index in [-0.39, 0.29) is 42.3 Å². The molecule has 0 spiro atoms. The van der Waals surface area contributed by atoms with Crippen molar-refractivity contribution in [1.29, 1.82) is 5.26 Å². The summed E-state index contributed by atoms with van der Waals surface area (Å²) < 4.78 is 50.9. The molecule has 3 saturated heterocycles. The van der Waals surface area contributed by atoms with Crippen molar-refractivity contribution in [3.05, 3.63) is 101 Å². The van der Waals surface area contributed by atoms with Crippen molar-refractivity contribution in [2.24, 2.45) is 7.05 Å². The summed E-state index contributed by atoms with van der Waals surface area (Å²) in [6, 6.07) is 19.9. The Morgan fingerprint density at radius 1 is 0.925 bits per heavy atom. The van der Waals surface area contributed by atoms with Gasteiger partial charge in [-0.15, -0.1) is 0 Å². The topological polar surface area (TPSA) is 175 Å². The third-order valence-electron chi connectivity index (χ3n) is 13.5. The number of ether oxygens (including phenoxy) is 3. The molecule has 0 bridgehead atoms. The third kappa shape index (κ3) is 8.53. The lowest BCUT2D eigenvalue weighted by atomic mass is 9.77. The fourth-order valence-electron chi connectivity index (χ4n) is 9.85. The SMILES string of the molecule is CCOc1cc(C(CC#N)N2C(=O)c3cnc(N4CCN([C@H]5CCN(Cc6ccc(Oc7ccc8c([C@@]9(C)CCC(=O)NC9=O)nn(C)c8c7)cc6)CC5(F)F)CC4)cc3C2=O)ccc1OC. The van der Waals surface area contributed by atoms with Crippen LogP contribution in [0.15, 0.2) is 72.9 Å². The van der Waals surface area contributed by atoms with E-state index in [4.69, 9.17) is 14.2 Å². The standard InChI is InChI=1S/C49H51F2N9O7/c1-5-66-40-24-31(8-13-39(40)65-4)37(15-18-52)60-45(62)35-26-42(53-27-36(35)46(60)63)59-22-20-58(21-23-59)41-16-19-57(29-49(41,50)51)28-30-6-9-32(10-7-30)67-33-11-12-34-38(25-33)56(3)55-44(34)48(2)17-14-43(61)54-47(48)64/h6-13,24-27,37,41H,5,14-17,19-23,28-29H2,1-4H3,(H,54,61,64)/t37?,41-,48+/m0/s1. The molecule has 3 fully saturated rings. The first-order chi connectivity index (χ1) is 32.2. The lowest BCUT2D eigenvalue weighted by Gasteiger charge is -2.46. The molecule has 5 aromatic rings. The van der Waals surface area contributed by atoms with Crippen LogP contribution in [0.2, 0.25) is 0 Å². The number of rotatable bonds is 13. The number of nitriles is 1. The van der Waals surface area contributed by atoms with E-state index in [1.165, 1.54) is 13.3 Å². The van der Waals surface area contributed by atoms with Gasteiger partial charge in [-0.25, -0.2) is 13.8 Å². The van der Waals surface area contributed by atoms with Gasteiger partial charge in [-0.3, -0.25) is 43.9 Å². The first-order valence-corrected chi connectivity index (χ1v) is 22.4. The highest BCUT2D eigenvalue weighted by atomic mass is 19.3. The van der Waals surface area contributed by atoms with Crippen molar-refractivity contribution in [1.82, 2.24) is 34.8 Å². The third-order valence-corrected chi connectivity index (χ3v) is 13.5. The van der Waals surface area contributed by atoms with Crippen molar-refractivity contribution in [3.8, 4) is 29.1 Å². The molecule has 348 valence electrons. The number of imide groups is 2. The van der Waals surface area contributed by atoms with E-state index in [0.29, 0.717) is 98.8 Å². The van der Waals surface area contributed by atoms with Gasteiger partial charge in [0.05, 0.1) is 72.6 Å². The maximum atomic E-state index is 16.0. The first-order valence-electron chi connectivity index (χ1n) is 22.4. The molecule has 1 unspecified atom stereocenters. The fraction of sp³-hybridized carbons (Fsp3) is 0.408. The van der Waals surface area contributed by atoms with Gasteiger partial charge >= 0.3 is 0 Å². The minimum Gasteiger partial charge on any atom is -0.493 e. The Morgan fingerprint density at radius 2 is 1.67 bits per heavy atom. The average Bonchev–Trinajstić information content (AvgIpc) is 3.78. The number of halogens is 2. The van der Waals surface area contributed by atoms with Gasteiger partial charge in [0, 0.05) is 70.4 Å². The van der Waals surface area contributed by atoms with Crippen LogP contribution in [0.5, 0.6) is 23.0 Å². The smallest absolute Gasteiger partial charge is 0.275 e. The molecule has 3 aromatic carbocycles. The van der Waals surface area contributed by atoms with Crippen LogP contribution in [0.4, 0.5) is 14.6 Å². The van der Waals surface area contributed by atoms with Crippen molar-refractivity contribution < 1.29 is 42.2 Å². The predicted molar refractivity (Wildman–Crippen MR) is 241 cm³/mol. The lowest BCUT2D eigenvalue weighted by Crippen LogP contribution is -2.61. The summed E-state index contributed by atoms with van der Waals surface area (Å²) in [5.41, 5.74) is 2.18. The number of hydrogen-bond donors (Lipinski definition) is 1. The number of methoxy groups -OCH3 is 1. The molecule has 4 amide bonds. The molecule has 1 N–H and O–H groups in total. The number of nitrogens with zero attached hydrogens (tertiary/aromatic N) is 8. The maximum absolute atomic E-state index is 16.0. The number of anilines is 1. The van der Waals surface area contributed by atoms with Crippen LogP contribution in [0.3, 0.4) is 0 Å². The van der Waals surface area contributed by atoms with Gasteiger partial charge in [0.1, 0.15) is 17.3 Å². The van der Waals surface area contributed by atoms with Gasteiger partial charge in [0.15, 0.2) is 11.5 Å². The molecule has 2 aromatic heterocycles. The summed E-state index contributed by atoms with van der Waals surface area (Å²) in [4.78, 5) is 63.4. The number of piperazine rings is 1. The quantitative estimate of drug-likeness (QED) is 0.134. The molecule has 0 aliphatic carbocycles. The average molecular weight is 916 g/mol. The molecular weight excluding hydrogens is 865 g/mol. The Bertz CT molecular complexity index is 2800. The zero-order valence-corrected chi connectivity index (χ0v) is 37.8. The number of carbonyl (C=O) groups excluding carboxylic acids is 4. The molecule has 0 radical (unpaired) electrons. The highest BCUT2D eigenvalue weighted by Crippen LogP contribution is 2.40. The summed E-state index contributed by atoms with van der Waals surface area (Å²) in [6.45, 7) is 6.02. The van der Waals surface area contributed by atoms with Gasteiger partial charge in [0.2, 0.25) is 11.8 Å². The van der Waals surface area contributed by atoms with Crippen LogP contribution >= 0.6 is 0 Å². The highest BCUT2D eigenvalue weighted by molar-refractivity contribution is 6.21. The number of aromatic nitrogens is 3. The van der Waals surface area contributed by atoms with Crippen LogP contribution in [0.1, 0.15) is 83.1 Å². The van der Waals surface area contributed by atoms with E-state index in [0.717, 1.165) is 21.4 Å². The van der Waals surface area contributed by atoms with Crippen LogP contribution in [0, 0.1) is 11.3 Å². The molecule has 67 heavy (non-hydrogen) atoms. The Balaban J connectivity index is 0.789. The summed E-state index contributed by atoms with van der Waals surface area (Å²) in [6.07, 6.45) is 2.15. The number of hydrogen-bond acceptors (Lipinski definition) is 13. The van der Waals surface area contributed by atoms with Crippen LogP contribution in [0.25, 0.3) is 10.9 Å². The van der Waals surface area contributed by atoms with Gasteiger partial charge < -0.3 is 19.1 Å². The number of benzene rings is 3. The molecule has 9 rings (SSSR count). The van der Waals surface area contributed by atoms with Crippen LogP contribution in [-0.2, 0) is 28.6 Å². The van der Waals surface area contributed by atoms with Gasteiger partial charge in [-0.1, -0.05) is 18.2 Å². The second-order valence-electron chi connectivity index (χ2n) is 17.7. The second kappa shape index (κ2) is 18.0. The molecule has 4 aliphatic rings. The molecule has 4 aliphatic heterocycles. The number of carbonyl (C=O) groups is 4. The number of nitrogens with one attached hydrogen (secondary N) is 1. The van der Waals surface area contributed by atoms with E-state index in [2.05, 4.69) is 21.5 Å². The van der Waals surface area contributed by atoms with Crippen molar-refractivity contribution in [2.75, 3.05) is 57.9 Å². The highest BCUT2D eigenvalue weighted by Gasteiger charge is 2.48. The van der Waals surface area contributed by atoms with Crippen molar-refractivity contribution in [3.63, 3.8) is 0 Å². The van der Waals surface area contributed by atoms with E-state index in [1.807, 2.05) is 59.2 Å². The summed E-state index contributed by atoms with van der Waals surface area (Å²) in [7, 11) is 3.31. The molecule has 16 nitrogen and oxygen atoms in total. The molecule has 18 heteroatoms. The lowest BCUT2D eigenvalue weighted by molar-refractivity contribution is -0.137. The second-order valence-corrected chi connectivity index (χ2v) is 17.7. The normalized spacial score (nSPS) is 21.5. The number of alkyl halides is 2. The van der Waals surface area contributed by atoms with Crippen LogP contribution in [-0.4, -0.2) is 118 Å². The van der Waals surface area contributed by atoms with E-state index in [9.17, 15) is 24.4 Å². The van der Waals surface area contributed by atoms with Gasteiger partial charge in [-0.2, -0.15) is 10.4 Å². The van der Waals surface area contributed by atoms with E-state index >= 15 is 8.78 Å². The molecular formula is C49H51F2N9O7. The van der Waals surface area contributed by atoms with Crippen molar-refractivity contribution >= 4 is 40.3 Å². The molecule has 0 saturated carbocycles. The Kier molecular flexibility index (Phi) is 12.2. The first kappa shape index (κ1) is 45.2. The van der Waals surface area contributed by atoms with E-state index in [1.54, 1.807) is 47.8 Å².